The quantitative estimate of drug-likeness (QED) is 0.626. The van der Waals surface area contributed by atoms with Gasteiger partial charge in [0.05, 0.1) is 11.5 Å². The SMILES string of the molecule is CC1(C)C[C@](C)(O)C[C@@H]1C(=O)O. The molecule has 0 aromatic heterocycles. The van der Waals surface area contributed by atoms with Crippen LogP contribution < -0.4 is 0 Å². The molecular weight excluding hydrogens is 156 g/mol. The Labute approximate surface area is 72.4 Å². The lowest BCUT2D eigenvalue weighted by atomic mass is 9.82. The van der Waals surface area contributed by atoms with E-state index in [4.69, 9.17) is 5.11 Å². The minimum Gasteiger partial charge on any atom is -0.481 e. The van der Waals surface area contributed by atoms with Crippen molar-refractivity contribution in [2.75, 3.05) is 0 Å². The second-order valence-electron chi connectivity index (χ2n) is 4.76. The summed E-state index contributed by atoms with van der Waals surface area (Å²) in [4.78, 5) is 10.8. The van der Waals surface area contributed by atoms with Gasteiger partial charge in [0.15, 0.2) is 0 Å². The minimum absolute atomic E-state index is 0.282. The van der Waals surface area contributed by atoms with Gasteiger partial charge in [0.2, 0.25) is 0 Å². The lowest BCUT2D eigenvalue weighted by molar-refractivity contribution is -0.144. The first-order valence-corrected chi connectivity index (χ1v) is 4.20. The third kappa shape index (κ3) is 1.61. The number of carboxylic acids is 1. The first-order chi connectivity index (χ1) is 5.25. The Kier molecular flexibility index (Phi) is 1.95. The maximum Gasteiger partial charge on any atom is 0.307 e. The second-order valence-corrected chi connectivity index (χ2v) is 4.76. The van der Waals surface area contributed by atoms with Crippen LogP contribution in [0.25, 0.3) is 0 Å². The maximum absolute atomic E-state index is 10.8. The average molecular weight is 172 g/mol. The summed E-state index contributed by atoms with van der Waals surface area (Å²) in [6, 6.07) is 0. The molecule has 1 rings (SSSR count). The molecule has 1 fully saturated rings. The van der Waals surface area contributed by atoms with E-state index in [2.05, 4.69) is 0 Å². The number of hydrogen-bond acceptors (Lipinski definition) is 2. The van der Waals surface area contributed by atoms with Gasteiger partial charge >= 0.3 is 5.97 Å². The summed E-state index contributed by atoms with van der Waals surface area (Å²) < 4.78 is 0. The summed E-state index contributed by atoms with van der Waals surface area (Å²) in [6.45, 7) is 5.50. The maximum atomic E-state index is 10.8. The van der Waals surface area contributed by atoms with E-state index >= 15 is 0 Å². The van der Waals surface area contributed by atoms with E-state index in [0.29, 0.717) is 12.8 Å². The van der Waals surface area contributed by atoms with Crippen molar-refractivity contribution in [2.45, 2.75) is 39.2 Å². The topological polar surface area (TPSA) is 57.5 Å². The van der Waals surface area contributed by atoms with Crippen LogP contribution in [0.2, 0.25) is 0 Å². The van der Waals surface area contributed by atoms with Crippen LogP contribution >= 0.6 is 0 Å². The molecule has 1 aliphatic rings. The Balaban J connectivity index is 2.85. The van der Waals surface area contributed by atoms with E-state index in [1.165, 1.54) is 0 Å². The molecule has 0 aliphatic heterocycles. The molecule has 0 aromatic rings. The largest absolute Gasteiger partial charge is 0.481 e. The molecule has 0 unspecified atom stereocenters. The highest BCUT2D eigenvalue weighted by molar-refractivity contribution is 5.71. The first-order valence-electron chi connectivity index (χ1n) is 4.20. The van der Waals surface area contributed by atoms with Crippen LogP contribution in [-0.2, 0) is 4.79 Å². The second kappa shape index (κ2) is 2.46. The van der Waals surface area contributed by atoms with Gasteiger partial charge in [-0.2, -0.15) is 0 Å². The Bertz CT molecular complexity index is 206. The standard InChI is InChI=1S/C9H16O3/c1-8(2)5-9(3,12)4-6(8)7(10)11/h6,12H,4-5H2,1-3H3,(H,10,11)/t6-,9-/m1/s1. The van der Waals surface area contributed by atoms with E-state index in [1.807, 2.05) is 13.8 Å². The monoisotopic (exact) mass is 172 g/mol. The Morgan fingerprint density at radius 3 is 2.08 bits per heavy atom. The first kappa shape index (κ1) is 9.52. The number of hydrogen-bond donors (Lipinski definition) is 2. The highest BCUT2D eigenvalue weighted by Crippen LogP contribution is 2.47. The van der Waals surface area contributed by atoms with Crippen LogP contribution in [0.15, 0.2) is 0 Å². The van der Waals surface area contributed by atoms with Crippen molar-refractivity contribution < 1.29 is 15.0 Å². The molecule has 3 heteroatoms. The number of rotatable bonds is 1. The molecule has 0 bridgehead atoms. The molecule has 0 spiro atoms. The highest BCUT2D eigenvalue weighted by Gasteiger charge is 2.49. The van der Waals surface area contributed by atoms with Crippen LogP contribution in [-0.4, -0.2) is 21.8 Å². The summed E-state index contributed by atoms with van der Waals surface area (Å²) in [7, 11) is 0. The molecule has 0 aromatic carbocycles. The summed E-state index contributed by atoms with van der Waals surface area (Å²) >= 11 is 0. The van der Waals surface area contributed by atoms with Gasteiger partial charge in [0.25, 0.3) is 0 Å². The van der Waals surface area contributed by atoms with E-state index in [-0.39, 0.29) is 5.41 Å². The fraction of sp³-hybridized carbons (Fsp3) is 0.889. The zero-order valence-corrected chi connectivity index (χ0v) is 7.79. The summed E-state index contributed by atoms with van der Waals surface area (Å²) in [6.07, 6.45) is 0.937. The normalized spacial score (nSPS) is 39.8. The number of carbonyl (C=O) groups is 1. The van der Waals surface area contributed by atoms with Gasteiger partial charge < -0.3 is 10.2 Å². The molecule has 1 aliphatic carbocycles. The minimum atomic E-state index is -0.799. The molecule has 0 amide bonds. The van der Waals surface area contributed by atoms with Crippen molar-refractivity contribution in [3.05, 3.63) is 0 Å². The number of aliphatic hydroxyl groups is 1. The molecule has 0 saturated heterocycles. The van der Waals surface area contributed by atoms with Gasteiger partial charge in [-0.05, 0) is 25.2 Å². The summed E-state index contributed by atoms with van der Waals surface area (Å²) in [5.41, 5.74) is -1.08. The van der Waals surface area contributed by atoms with E-state index in [9.17, 15) is 9.90 Å². The smallest absolute Gasteiger partial charge is 0.307 e. The van der Waals surface area contributed by atoms with Gasteiger partial charge in [0, 0.05) is 0 Å². The van der Waals surface area contributed by atoms with Crippen LogP contribution in [0.1, 0.15) is 33.6 Å². The third-order valence-corrected chi connectivity index (χ3v) is 2.72. The Morgan fingerprint density at radius 1 is 1.42 bits per heavy atom. The fourth-order valence-corrected chi connectivity index (χ4v) is 2.31. The van der Waals surface area contributed by atoms with Gasteiger partial charge in [-0.15, -0.1) is 0 Å². The zero-order chi connectivity index (χ0) is 9.57. The van der Waals surface area contributed by atoms with Crippen LogP contribution in [0.5, 0.6) is 0 Å². The molecule has 3 nitrogen and oxygen atoms in total. The van der Waals surface area contributed by atoms with Crippen molar-refractivity contribution in [2.24, 2.45) is 11.3 Å². The van der Waals surface area contributed by atoms with Gasteiger partial charge in [-0.25, -0.2) is 0 Å². The molecule has 1 saturated carbocycles. The van der Waals surface area contributed by atoms with Crippen molar-refractivity contribution >= 4 is 5.97 Å². The lowest BCUT2D eigenvalue weighted by Crippen LogP contribution is -2.25. The predicted molar refractivity (Wildman–Crippen MR) is 44.8 cm³/mol. The Hall–Kier alpha value is -0.570. The fourth-order valence-electron chi connectivity index (χ4n) is 2.31. The van der Waals surface area contributed by atoms with Crippen molar-refractivity contribution in [1.29, 1.82) is 0 Å². The lowest BCUT2D eigenvalue weighted by Gasteiger charge is -2.23. The molecular formula is C9H16O3. The van der Waals surface area contributed by atoms with Crippen molar-refractivity contribution in [3.63, 3.8) is 0 Å². The Morgan fingerprint density at radius 2 is 1.92 bits per heavy atom. The van der Waals surface area contributed by atoms with Crippen molar-refractivity contribution in [1.82, 2.24) is 0 Å². The van der Waals surface area contributed by atoms with E-state index < -0.39 is 17.5 Å². The molecule has 0 heterocycles. The van der Waals surface area contributed by atoms with Gasteiger partial charge in [-0.3, -0.25) is 4.79 Å². The summed E-state index contributed by atoms with van der Waals surface area (Å²) in [5.74, 6) is -1.20. The van der Waals surface area contributed by atoms with E-state index in [0.717, 1.165) is 0 Å². The van der Waals surface area contributed by atoms with E-state index in [1.54, 1.807) is 6.92 Å². The predicted octanol–water partition coefficient (Wildman–Crippen LogP) is 1.26. The van der Waals surface area contributed by atoms with Crippen molar-refractivity contribution in [3.8, 4) is 0 Å². The van der Waals surface area contributed by atoms with Crippen LogP contribution in [0.3, 0.4) is 0 Å². The highest BCUT2D eigenvalue weighted by atomic mass is 16.4. The molecule has 12 heavy (non-hydrogen) atoms. The molecule has 0 radical (unpaired) electrons. The van der Waals surface area contributed by atoms with Gasteiger partial charge in [-0.1, -0.05) is 13.8 Å². The third-order valence-electron chi connectivity index (χ3n) is 2.72. The molecule has 2 N–H and O–H groups in total. The number of aliphatic carboxylic acids is 1. The molecule has 70 valence electrons. The number of carboxylic acid groups (broad SMARTS) is 1. The van der Waals surface area contributed by atoms with Crippen LogP contribution in [0.4, 0.5) is 0 Å². The summed E-state index contributed by atoms with van der Waals surface area (Å²) in [5, 5.41) is 18.6. The average Bonchev–Trinajstić information content (AvgIpc) is 1.99. The van der Waals surface area contributed by atoms with Gasteiger partial charge in [0.1, 0.15) is 0 Å². The zero-order valence-electron chi connectivity index (χ0n) is 7.79. The van der Waals surface area contributed by atoms with Crippen LogP contribution in [0, 0.1) is 11.3 Å². The molecule has 2 atom stereocenters.